The third kappa shape index (κ3) is 3.50. The van der Waals surface area contributed by atoms with Gasteiger partial charge in [0.15, 0.2) is 0 Å². The number of aromatic nitrogens is 4. The second-order valence-corrected chi connectivity index (χ2v) is 5.90. The number of hydrogen-bond donors (Lipinski definition) is 1. The molecule has 0 spiro atoms. The Bertz CT molecular complexity index is 845. The minimum atomic E-state index is -0.273. The van der Waals surface area contributed by atoms with Crippen molar-refractivity contribution in [1.29, 1.82) is 0 Å². The van der Waals surface area contributed by atoms with Crippen molar-refractivity contribution in [2.75, 3.05) is 0 Å². The zero-order chi connectivity index (χ0) is 17.1. The molecular formula is C18H17N5O2. The van der Waals surface area contributed by atoms with Gasteiger partial charge in [-0.15, -0.1) is 0 Å². The maximum Gasteiger partial charge on any atom is 0.289 e. The molecule has 2 heterocycles. The molecule has 0 radical (unpaired) electrons. The molecule has 0 unspecified atom stereocenters. The van der Waals surface area contributed by atoms with Crippen molar-refractivity contribution in [2.45, 2.75) is 25.0 Å². The fraction of sp³-hybridized carbons (Fsp3) is 0.222. The molecule has 1 saturated carbocycles. The summed E-state index contributed by atoms with van der Waals surface area (Å²) in [7, 11) is 0. The molecule has 0 atom stereocenters. The second kappa shape index (κ2) is 6.72. The molecule has 7 heteroatoms. The Morgan fingerprint density at radius 1 is 1.16 bits per heavy atom. The van der Waals surface area contributed by atoms with E-state index in [0.717, 1.165) is 18.6 Å². The van der Waals surface area contributed by atoms with E-state index in [-0.39, 0.29) is 23.9 Å². The van der Waals surface area contributed by atoms with Crippen molar-refractivity contribution >= 4 is 5.91 Å². The van der Waals surface area contributed by atoms with E-state index in [2.05, 4.69) is 20.3 Å². The average molecular weight is 335 g/mol. The topological polar surface area (TPSA) is 81.9 Å². The molecule has 1 aromatic carbocycles. The molecule has 25 heavy (non-hydrogen) atoms. The van der Waals surface area contributed by atoms with Crippen molar-refractivity contribution < 1.29 is 9.53 Å². The SMILES string of the molecule is O=C(NC1CC(Oc2ccccc2)C1)c1nccc(-n2ccnc2)n1. The maximum atomic E-state index is 12.3. The van der Waals surface area contributed by atoms with Crippen LogP contribution in [-0.2, 0) is 0 Å². The lowest BCUT2D eigenvalue weighted by atomic mass is 9.89. The molecule has 7 nitrogen and oxygen atoms in total. The van der Waals surface area contributed by atoms with Crippen molar-refractivity contribution in [3.63, 3.8) is 0 Å². The number of amides is 1. The molecule has 4 rings (SSSR count). The Kier molecular flexibility index (Phi) is 4.12. The van der Waals surface area contributed by atoms with Crippen molar-refractivity contribution in [2.24, 2.45) is 0 Å². The number of nitrogens with one attached hydrogen (secondary N) is 1. The molecule has 3 aromatic rings. The Labute approximate surface area is 144 Å². The van der Waals surface area contributed by atoms with E-state index in [1.54, 1.807) is 35.6 Å². The lowest BCUT2D eigenvalue weighted by Crippen LogP contribution is -2.49. The van der Waals surface area contributed by atoms with Gasteiger partial charge < -0.3 is 10.1 Å². The summed E-state index contributed by atoms with van der Waals surface area (Å²) in [5.41, 5.74) is 0. The first kappa shape index (κ1) is 15.3. The van der Waals surface area contributed by atoms with Crippen LogP contribution in [0.15, 0.2) is 61.3 Å². The second-order valence-electron chi connectivity index (χ2n) is 5.90. The highest BCUT2D eigenvalue weighted by Gasteiger charge is 2.32. The lowest BCUT2D eigenvalue weighted by molar-refractivity contribution is 0.0694. The van der Waals surface area contributed by atoms with Crippen LogP contribution in [0.2, 0.25) is 0 Å². The summed E-state index contributed by atoms with van der Waals surface area (Å²) < 4.78 is 7.57. The number of imidazole rings is 1. The first-order chi connectivity index (χ1) is 12.3. The summed E-state index contributed by atoms with van der Waals surface area (Å²) in [6, 6.07) is 11.5. The van der Waals surface area contributed by atoms with Crippen LogP contribution in [0.5, 0.6) is 5.75 Å². The number of nitrogens with zero attached hydrogens (tertiary/aromatic N) is 4. The normalized spacial score (nSPS) is 19.0. The molecule has 1 fully saturated rings. The molecule has 0 saturated heterocycles. The molecule has 1 aliphatic carbocycles. The van der Waals surface area contributed by atoms with Gasteiger partial charge in [0.25, 0.3) is 5.91 Å². The summed E-state index contributed by atoms with van der Waals surface area (Å²) >= 11 is 0. The van der Waals surface area contributed by atoms with Crippen LogP contribution < -0.4 is 10.1 Å². The van der Waals surface area contributed by atoms with Crippen LogP contribution in [0.4, 0.5) is 0 Å². The van der Waals surface area contributed by atoms with Crippen LogP contribution in [0.3, 0.4) is 0 Å². The summed E-state index contributed by atoms with van der Waals surface area (Å²) in [6.07, 6.45) is 8.31. The van der Waals surface area contributed by atoms with Crippen molar-refractivity contribution in [3.05, 3.63) is 67.1 Å². The van der Waals surface area contributed by atoms with Gasteiger partial charge in [0.1, 0.15) is 24.0 Å². The first-order valence-electron chi connectivity index (χ1n) is 8.12. The maximum absolute atomic E-state index is 12.3. The van der Waals surface area contributed by atoms with E-state index in [0.29, 0.717) is 5.82 Å². The molecule has 1 aliphatic rings. The summed E-state index contributed by atoms with van der Waals surface area (Å²) in [4.78, 5) is 24.6. The van der Waals surface area contributed by atoms with Crippen LogP contribution in [0.1, 0.15) is 23.5 Å². The molecule has 2 aromatic heterocycles. The number of carbonyl (C=O) groups excluding carboxylic acids is 1. The van der Waals surface area contributed by atoms with Gasteiger partial charge in [-0.05, 0) is 18.2 Å². The number of para-hydroxylation sites is 1. The third-order valence-corrected chi connectivity index (χ3v) is 4.09. The highest BCUT2D eigenvalue weighted by atomic mass is 16.5. The van der Waals surface area contributed by atoms with E-state index in [1.807, 2.05) is 30.3 Å². The standard InChI is InChI=1S/C18H17N5O2/c24-18(17-20-7-6-16(22-17)23-9-8-19-12-23)21-13-10-15(11-13)25-14-4-2-1-3-5-14/h1-9,12-13,15H,10-11H2,(H,21,24). The smallest absolute Gasteiger partial charge is 0.289 e. The highest BCUT2D eigenvalue weighted by molar-refractivity contribution is 5.90. The van der Waals surface area contributed by atoms with Crippen LogP contribution >= 0.6 is 0 Å². The fourth-order valence-electron chi connectivity index (χ4n) is 2.72. The number of carbonyl (C=O) groups is 1. The fourth-order valence-corrected chi connectivity index (χ4v) is 2.72. The Balaban J connectivity index is 1.32. The third-order valence-electron chi connectivity index (χ3n) is 4.09. The summed E-state index contributed by atoms with van der Waals surface area (Å²) in [6.45, 7) is 0. The van der Waals surface area contributed by atoms with Gasteiger partial charge in [-0.2, -0.15) is 0 Å². The Hall–Kier alpha value is -3.22. The van der Waals surface area contributed by atoms with Gasteiger partial charge in [-0.1, -0.05) is 18.2 Å². The van der Waals surface area contributed by atoms with E-state index < -0.39 is 0 Å². The van der Waals surface area contributed by atoms with Crippen molar-refractivity contribution in [3.8, 4) is 11.6 Å². The van der Waals surface area contributed by atoms with Crippen LogP contribution in [0, 0.1) is 0 Å². The predicted octanol–water partition coefficient (Wildman–Crippen LogP) is 2.00. The van der Waals surface area contributed by atoms with E-state index >= 15 is 0 Å². The Morgan fingerprint density at radius 3 is 2.76 bits per heavy atom. The monoisotopic (exact) mass is 335 g/mol. The quantitative estimate of drug-likeness (QED) is 0.771. The van der Waals surface area contributed by atoms with Gasteiger partial charge >= 0.3 is 0 Å². The van der Waals surface area contributed by atoms with E-state index in [9.17, 15) is 4.79 Å². The van der Waals surface area contributed by atoms with Gasteiger partial charge in [0.2, 0.25) is 5.82 Å². The van der Waals surface area contributed by atoms with Gasteiger partial charge in [-0.25, -0.2) is 15.0 Å². The molecule has 0 bridgehead atoms. The summed E-state index contributed by atoms with van der Waals surface area (Å²) in [5.74, 6) is 1.34. The zero-order valence-corrected chi connectivity index (χ0v) is 13.4. The first-order valence-corrected chi connectivity index (χ1v) is 8.12. The lowest BCUT2D eigenvalue weighted by Gasteiger charge is -2.35. The van der Waals surface area contributed by atoms with Gasteiger partial charge in [0, 0.05) is 37.5 Å². The average Bonchev–Trinajstić information content (AvgIpc) is 3.15. The van der Waals surface area contributed by atoms with Crippen LogP contribution in [0.25, 0.3) is 5.82 Å². The molecule has 1 amide bonds. The predicted molar refractivity (Wildman–Crippen MR) is 90.5 cm³/mol. The number of rotatable bonds is 5. The van der Waals surface area contributed by atoms with Gasteiger partial charge in [0.05, 0.1) is 0 Å². The van der Waals surface area contributed by atoms with Gasteiger partial charge in [-0.3, -0.25) is 9.36 Å². The number of benzene rings is 1. The minimum Gasteiger partial charge on any atom is -0.490 e. The van der Waals surface area contributed by atoms with E-state index in [4.69, 9.17) is 4.74 Å². The number of ether oxygens (including phenoxy) is 1. The number of hydrogen-bond acceptors (Lipinski definition) is 5. The Morgan fingerprint density at radius 2 is 2.00 bits per heavy atom. The molecular weight excluding hydrogens is 318 g/mol. The molecule has 126 valence electrons. The summed E-state index contributed by atoms with van der Waals surface area (Å²) in [5, 5.41) is 2.95. The molecule has 1 N–H and O–H groups in total. The minimum absolute atomic E-state index is 0.0849. The van der Waals surface area contributed by atoms with Crippen LogP contribution in [-0.4, -0.2) is 37.6 Å². The zero-order valence-electron chi connectivity index (χ0n) is 13.4. The van der Waals surface area contributed by atoms with E-state index in [1.165, 1.54) is 0 Å². The molecule has 0 aliphatic heterocycles. The van der Waals surface area contributed by atoms with Crippen molar-refractivity contribution in [1.82, 2.24) is 24.8 Å². The largest absolute Gasteiger partial charge is 0.490 e. The highest BCUT2D eigenvalue weighted by Crippen LogP contribution is 2.25.